The van der Waals surface area contributed by atoms with Gasteiger partial charge in [0, 0.05) is 0 Å². The van der Waals surface area contributed by atoms with Crippen LogP contribution in [0.25, 0.3) is 0 Å². The van der Waals surface area contributed by atoms with Crippen LogP contribution in [0.3, 0.4) is 0 Å². The van der Waals surface area contributed by atoms with Gasteiger partial charge in [0.1, 0.15) is 0 Å². The summed E-state index contributed by atoms with van der Waals surface area (Å²) in [6.45, 7) is 4.22. The number of carbonyl (C=O) groups excluding carboxylic acids is 1. The Bertz CT molecular complexity index is 397. The van der Waals surface area contributed by atoms with Gasteiger partial charge in [0.05, 0.1) is 12.2 Å². The fraction of sp³-hybridized carbons (Fsp3) is 0.462. The quantitative estimate of drug-likeness (QED) is 0.567. The second-order valence-electron chi connectivity index (χ2n) is 4.26. The van der Waals surface area contributed by atoms with Crippen LogP contribution in [-0.4, -0.2) is 19.9 Å². The van der Waals surface area contributed by atoms with Crippen molar-refractivity contribution in [2.24, 2.45) is 0 Å². The van der Waals surface area contributed by atoms with E-state index < -0.39 is 0 Å². The average molecular weight is 215 g/mol. The maximum absolute atomic E-state index is 11.8. The van der Waals surface area contributed by atoms with Gasteiger partial charge in [-0.2, -0.15) is 0 Å². The molecule has 1 aromatic rings. The SMILES string of the molecule is CCOC(=O)c1c(C)cccc1[B]C1CC1. The standard InChI is InChI=1S/C13H16BO2/c1-3-16-13(15)12-9(2)5-4-6-11(12)14-10-7-8-10/h4-6,10H,3,7-8H2,1-2H3. The fourth-order valence-electron chi connectivity index (χ4n) is 1.83. The lowest BCUT2D eigenvalue weighted by Crippen LogP contribution is -2.25. The van der Waals surface area contributed by atoms with Gasteiger partial charge in [0.25, 0.3) is 0 Å². The van der Waals surface area contributed by atoms with E-state index in [4.69, 9.17) is 4.74 Å². The molecule has 1 aliphatic rings. The van der Waals surface area contributed by atoms with Gasteiger partial charge in [-0.05, 0) is 19.4 Å². The third kappa shape index (κ3) is 2.46. The highest BCUT2D eigenvalue weighted by Gasteiger charge is 2.26. The Morgan fingerprint density at radius 3 is 2.88 bits per heavy atom. The molecule has 0 saturated heterocycles. The number of hydrogen-bond donors (Lipinski definition) is 0. The third-order valence-electron chi connectivity index (χ3n) is 2.82. The number of aryl methyl sites for hydroxylation is 1. The molecule has 0 N–H and O–H groups in total. The predicted octanol–water partition coefficient (Wildman–Crippen LogP) is 2.08. The fourth-order valence-corrected chi connectivity index (χ4v) is 1.83. The molecule has 1 radical (unpaired) electrons. The molecule has 3 heteroatoms. The summed E-state index contributed by atoms with van der Waals surface area (Å²) in [4.78, 5) is 11.8. The molecule has 1 saturated carbocycles. The lowest BCUT2D eigenvalue weighted by Gasteiger charge is -2.10. The summed E-state index contributed by atoms with van der Waals surface area (Å²) in [5.74, 6) is 0.461. The first kappa shape index (κ1) is 11.2. The first-order valence-electron chi connectivity index (χ1n) is 5.84. The van der Waals surface area contributed by atoms with Gasteiger partial charge < -0.3 is 4.74 Å². The molecule has 0 amide bonds. The van der Waals surface area contributed by atoms with Gasteiger partial charge in [0.15, 0.2) is 7.28 Å². The molecule has 0 bridgehead atoms. The minimum Gasteiger partial charge on any atom is -0.462 e. The summed E-state index contributed by atoms with van der Waals surface area (Å²) in [6, 6.07) is 5.94. The highest BCUT2D eigenvalue weighted by atomic mass is 16.5. The van der Waals surface area contributed by atoms with Gasteiger partial charge in [-0.3, -0.25) is 0 Å². The Morgan fingerprint density at radius 1 is 1.50 bits per heavy atom. The van der Waals surface area contributed by atoms with E-state index in [1.165, 1.54) is 12.8 Å². The Morgan fingerprint density at radius 2 is 2.25 bits per heavy atom. The van der Waals surface area contributed by atoms with Gasteiger partial charge in [-0.1, -0.05) is 42.3 Å². The third-order valence-corrected chi connectivity index (χ3v) is 2.82. The molecule has 1 aliphatic carbocycles. The van der Waals surface area contributed by atoms with E-state index in [0.29, 0.717) is 12.4 Å². The maximum atomic E-state index is 11.8. The van der Waals surface area contributed by atoms with E-state index >= 15 is 0 Å². The van der Waals surface area contributed by atoms with Gasteiger partial charge in [-0.25, -0.2) is 4.79 Å². The number of ether oxygens (including phenoxy) is 1. The van der Waals surface area contributed by atoms with Crippen molar-refractivity contribution >= 4 is 18.7 Å². The molecule has 2 rings (SSSR count). The van der Waals surface area contributed by atoms with E-state index in [1.807, 2.05) is 32.0 Å². The summed E-state index contributed by atoms with van der Waals surface area (Å²) in [5, 5.41) is 0. The monoisotopic (exact) mass is 215 g/mol. The van der Waals surface area contributed by atoms with Crippen molar-refractivity contribution in [3.8, 4) is 0 Å². The summed E-state index contributed by atoms with van der Waals surface area (Å²) in [5.41, 5.74) is 2.75. The molecular weight excluding hydrogens is 199 g/mol. The van der Waals surface area contributed by atoms with Crippen molar-refractivity contribution in [1.29, 1.82) is 0 Å². The number of rotatable bonds is 4. The molecule has 0 aliphatic heterocycles. The topological polar surface area (TPSA) is 26.3 Å². The van der Waals surface area contributed by atoms with Crippen LogP contribution in [0.15, 0.2) is 18.2 Å². The van der Waals surface area contributed by atoms with Crippen LogP contribution in [0.4, 0.5) is 0 Å². The Balaban J connectivity index is 2.27. The minimum atomic E-state index is -0.201. The molecule has 0 aromatic heterocycles. The molecule has 0 unspecified atom stereocenters. The molecule has 0 heterocycles. The second-order valence-corrected chi connectivity index (χ2v) is 4.26. The van der Waals surface area contributed by atoms with Crippen molar-refractivity contribution in [1.82, 2.24) is 0 Å². The van der Waals surface area contributed by atoms with Crippen LogP contribution in [0.5, 0.6) is 0 Å². The zero-order chi connectivity index (χ0) is 11.5. The van der Waals surface area contributed by atoms with Crippen molar-refractivity contribution in [3.63, 3.8) is 0 Å². The molecule has 16 heavy (non-hydrogen) atoms. The lowest BCUT2D eigenvalue weighted by molar-refractivity contribution is 0.0527. The summed E-state index contributed by atoms with van der Waals surface area (Å²) >= 11 is 0. The summed E-state index contributed by atoms with van der Waals surface area (Å²) < 4.78 is 5.09. The number of esters is 1. The van der Waals surface area contributed by atoms with Gasteiger partial charge >= 0.3 is 5.97 Å². The van der Waals surface area contributed by atoms with Gasteiger partial charge in [0.2, 0.25) is 0 Å². The van der Waals surface area contributed by atoms with E-state index in [1.54, 1.807) is 0 Å². The highest BCUT2D eigenvalue weighted by Crippen LogP contribution is 2.34. The minimum absolute atomic E-state index is 0.201. The van der Waals surface area contributed by atoms with Crippen LogP contribution >= 0.6 is 0 Å². The zero-order valence-corrected chi connectivity index (χ0v) is 9.82. The van der Waals surface area contributed by atoms with E-state index in [-0.39, 0.29) is 5.97 Å². The van der Waals surface area contributed by atoms with Crippen LogP contribution in [0.1, 0.15) is 35.7 Å². The zero-order valence-electron chi connectivity index (χ0n) is 9.82. The number of benzene rings is 1. The first-order valence-corrected chi connectivity index (χ1v) is 5.84. The molecule has 1 aromatic carbocycles. The smallest absolute Gasteiger partial charge is 0.337 e. The molecule has 0 spiro atoms. The van der Waals surface area contributed by atoms with Crippen molar-refractivity contribution in [3.05, 3.63) is 29.3 Å². The number of carbonyl (C=O) groups is 1. The van der Waals surface area contributed by atoms with Crippen LogP contribution < -0.4 is 5.46 Å². The highest BCUT2D eigenvalue weighted by molar-refractivity contribution is 6.57. The van der Waals surface area contributed by atoms with Crippen LogP contribution in [0.2, 0.25) is 5.82 Å². The van der Waals surface area contributed by atoms with Crippen molar-refractivity contribution in [2.75, 3.05) is 6.61 Å². The molecule has 1 fully saturated rings. The largest absolute Gasteiger partial charge is 0.462 e. The molecule has 0 atom stereocenters. The molecule has 83 valence electrons. The molecular formula is C13H16BO2. The second kappa shape index (κ2) is 4.73. The molecule has 2 nitrogen and oxygen atoms in total. The Labute approximate surface area is 97.2 Å². The van der Waals surface area contributed by atoms with Crippen LogP contribution in [-0.2, 0) is 4.74 Å². The Hall–Kier alpha value is -1.25. The predicted molar refractivity (Wildman–Crippen MR) is 65.5 cm³/mol. The maximum Gasteiger partial charge on any atom is 0.337 e. The van der Waals surface area contributed by atoms with E-state index in [0.717, 1.165) is 16.6 Å². The van der Waals surface area contributed by atoms with E-state index in [9.17, 15) is 4.79 Å². The normalized spacial score (nSPS) is 14.6. The lowest BCUT2D eigenvalue weighted by atomic mass is 9.63. The first-order chi connectivity index (χ1) is 7.72. The number of hydrogen-bond acceptors (Lipinski definition) is 2. The van der Waals surface area contributed by atoms with E-state index in [2.05, 4.69) is 7.28 Å². The average Bonchev–Trinajstić information content (AvgIpc) is 3.02. The summed E-state index contributed by atoms with van der Waals surface area (Å²) in [6.07, 6.45) is 2.49. The summed E-state index contributed by atoms with van der Waals surface area (Å²) in [7, 11) is 2.19. The van der Waals surface area contributed by atoms with Crippen molar-refractivity contribution < 1.29 is 9.53 Å². The van der Waals surface area contributed by atoms with Crippen molar-refractivity contribution in [2.45, 2.75) is 32.5 Å². The van der Waals surface area contributed by atoms with Crippen LogP contribution in [0, 0.1) is 6.92 Å². The Kier molecular flexibility index (Phi) is 3.32. The van der Waals surface area contributed by atoms with Gasteiger partial charge in [-0.15, -0.1) is 0 Å².